The number of aliphatic carboxylic acids is 1. The molecule has 0 spiro atoms. The lowest BCUT2D eigenvalue weighted by atomic mass is 10.1. The van der Waals surface area contributed by atoms with Crippen LogP contribution in [0.3, 0.4) is 0 Å². The summed E-state index contributed by atoms with van der Waals surface area (Å²) in [5.41, 5.74) is 0.580. The predicted molar refractivity (Wildman–Crippen MR) is 73.4 cm³/mol. The molecule has 1 aromatic heterocycles. The third-order valence-electron chi connectivity index (χ3n) is 2.66. The minimum Gasteiger partial charge on any atom is -0.508 e. The fourth-order valence-electron chi connectivity index (χ4n) is 1.84. The Morgan fingerprint density at radius 3 is 2.75 bits per heavy atom. The third kappa shape index (κ3) is 3.81. The standard InChI is InChI=1S/C13H13NO5.H3N/c15-9-1-2-10-8(3-4-14-7-12(16)17)5-13(18)19-11(10)6-9;/h1-2,5-6,14-15H,3-4,7H2,(H,16,17);1H3. The van der Waals surface area contributed by atoms with E-state index in [-0.39, 0.29) is 18.4 Å². The minimum atomic E-state index is -0.928. The summed E-state index contributed by atoms with van der Waals surface area (Å²) in [6, 6.07) is 5.93. The van der Waals surface area contributed by atoms with Crippen molar-refractivity contribution >= 4 is 16.9 Å². The van der Waals surface area contributed by atoms with Crippen molar-refractivity contribution in [2.75, 3.05) is 13.1 Å². The second kappa shape index (κ2) is 6.69. The van der Waals surface area contributed by atoms with Gasteiger partial charge in [0.25, 0.3) is 0 Å². The molecular weight excluding hydrogens is 264 g/mol. The number of nitrogens with one attached hydrogen (secondary N) is 1. The van der Waals surface area contributed by atoms with Crippen molar-refractivity contribution in [1.29, 1.82) is 0 Å². The molecule has 0 saturated carbocycles. The Kier molecular flexibility index (Phi) is 5.24. The van der Waals surface area contributed by atoms with Crippen LogP contribution in [0.1, 0.15) is 5.56 Å². The molecule has 2 aromatic rings. The third-order valence-corrected chi connectivity index (χ3v) is 2.66. The number of phenolic OH excluding ortho intramolecular Hbond substituents is 1. The highest BCUT2D eigenvalue weighted by Gasteiger charge is 2.06. The van der Waals surface area contributed by atoms with E-state index in [1.54, 1.807) is 6.07 Å². The summed E-state index contributed by atoms with van der Waals surface area (Å²) in [7, 11) is 0. The second-order valence-electron chi connectivity index (χ2n) is 4.09. The number of phenols is 1. The van der Waals surface area contributed by atoms with Crippen LogP contribution in [-0.4, -0.2) is 29.3 Å². The fourth-order valence-corrected chi connectivity index (χ4v) is 1.84. The van der Waals surface area contributed by atoms with E-state index < -0.39 is 11.6 Å². The van der Waals surface area contributed by atoms with E-state index in [1.807, 2.05) is 0 Å². The van der Waals surface area contributed by atoms with E-state index >= 15 is 0 Å². The average molecular weight is 280 g/mol. The Morgan fingerprint density at radius 1 is 1.30 bits per heavy atom. The summed E-state index contributed by atoms with van der Waals surface area (Å²) < 4.78 is 5.00. The first-order valence-electron chi connectivity index (χ1n) is 5.74. The molecule has 0 atom stereocenters. The number of carboxylic acids is 1. The summed E-state index contributed by atoms with van der Waals surface area (Å²) in [5.74, 6) is -0.904. The summed E-state index contributed by atoms with van der Waals surface area (Å²) in [4.78, 5) is 21.8. The number of carbonyl (C=O) groups is 1. The molecule has 1 aromatic carbocycles. The van der Waals surface area contributed by atoms with Gasteiger partial charge in [0.15, 0.2) is 0 Å². The number of hydrogen-bond acceptors (Lipinski definition) is 6. The number of carboxylic acid groups (broad SMARTS) is 1. The zero-order valence-corrected chi connectivity index (χ0v) is 10.8. The van der Waals surface area contributed by atoms with Gasteiger partial charge in [-0.2, -0.15) is 0 Å². The highest BCUT2D eigenvalue weighted by Crippen LogP contribution is 2.21. The molecular formula is C13H16N2O5. The number of benzene rings is 1. The molecule has 2 rings (SSSR count). The maximum absolute atomic E-state index is 11.4. The molecule has 1 heterocycles. The van der Waals surface area contributed by atoms with Gasteiger partial charge < -0.3 is 26.1 Å². The molecule has 0 saturated heterocycles. The SMILES string of the molecule is N.O=C(O)CNCCc1cc(=O)oc2cc(O)ccc12. The normalized spacial score (nSPS) is 10.2. The number of fused-ring (bicyclic) bond motifs is 1. The predicted octanol–water partition coefficient (Wildman–Crippen LogP) is 0.877. The molecule has 0 aliphatic heterocycles. The molecule has 6 N–H and O–H groups in total. The van der Waals surface area contributed by atoms with E-state index in [1.165, 1.54) is 18.2 Å². The average Bonchev–Trinajstić information content (AvgIpc) is 2.33. The first-order chi connectivity index (χ1) is 9.06. The van der Waals surface area contributed by atoms with E-state index in [9.17, 15) is 14.7 Å². The van der Waals surface area contributed by atoms with Crippen LogP contribution in [0.2, 0.25) is 0 Å². The Bertz CT molecular complexity index is 665. The van der Waals surface area contributed by atoms with Crippen molar-refractivity contribution in [3.63, 3.8) is 0 Å². The van der Waals surface area contributed by atoms with Crippen molar-refractivity contribution in [3.05, 3.63) is 40.2 Å². The van der Waals surface area contributed by atoms with Crippen LogP contribution >= 0.6 is 0 Å². The van der Waals surface area contributed by atoms with Gasteiger partial charge in [0.05, 0.1) is 6.54 Å². The molecule has 0 fully saturated rings. The Hall–Kier alpha value is -2.38. The lowest BCUT2D eigenvalue weighted by Crippen LogP contribution is -2.24. The van der Waals surface area contributed by atoms with Crippen molar-refractivity contribution in [2.24, 2.45) is 0 Å². The van der Waals surface area contributed by atoms with Gasteiger partial charge in [-0.3, -0.25) is 4.79 Å². The van der Waals surface area contributed by atoms with Crippen molar-refractivity contribution in [1.82, 2.24) is 11.5 Å². The van der Waals surface area contributed by atoms with Gasteiger partial charge >= 0.3 is 11.6 Å². The molecule has 0 unspecified atom stereocenters. The minimum absolute atomic E-state index is 0. The zero-order chi connectivity index (χ0) is 13.8. The van der Waals surface area contributed by atoms with E-state index in [2.05, 4.69) is 5.32 Å². The summed E-state index contributed by atoms with van der Waals surface area (Å²) in [6.07, 6.45) is 0.500. The van der Waals surface area contributed by atoms with Crippen LogP contribution < -0.4 is 17.1 Å². The van der Waals surface area contributed by atoms with Crippen LogP contribution in [0.25, 0.3) is 11.0 Å². The molecule has 0 amide bonds. The molecule has 0 aliphatic carbocycles. The second-order valence-corrected chi connectivity index (χ2v) is 4.09. The van der Waals surface area contributed by atoms with Crippen molar-refractivity contribution < 1.29 is 19.4 Å². The molecule has 0 aliphatic rings. The van der Waals surface area contributed by atoms with Crippen LogP contribution in [-0.2, 0) is 11.2 Å². The Labute approximate surface area is 114 Å². The van der Waals surface area contributed by atoms with Gasteiger partial charge in [-0.05, 0) is 30.7 Å². The van der Waals surface area contributed by atoms with Crippen molar-refractivity contribution in [3.8, 4) is 5.75 Å². The van der Waals surface area contributed by atoms with Crippen LogP contribution in [0, 0.1) is 0 Å². The lowest BCUT2D eigenvalue weighted by Gasteiger charge is -2.06. The van der Waals surface area contributed by atoms with Gasteiger partial charge in [0.1, 0.15) is 11.3 Å². The smallest absolute Gasteiger partial charge is 0.336 e. The Balaban J connectivity index is 0.00000200. The van der Waals surface area contributed by atoms with E-state index in [0.29, 0.717) is 18.5 Å². The van der Waals surface area contributed by atoms with E-state index in [0.717, 1.165) is 10.9 Å². The largest absolute Gasteiger partial charge is 0.508 e. The fraction of sp³-hybridized carbons (Fsp3) is 0.231. The molecule has 7 nitrogen and oxygen atoms in total. The maximum atomic E-state index is 11.4. The molecule has 0 radical (unpaired) electrons. The molecule has 7 heteroatoms. The van der Waals surface area contributed by atoms with Crippen LogP contribution in [0.15, 0.2) is 33.5 Å². The number of rotatable bonds is 5. The maximum Gasteiger partial charge on any atom is 0.336 e. The number of aromatic hydroxyl groups is 1. The highest BCUT2D eigenvalue weighted by molar-refractivity contribution is 5.81. The van der Waals surface area contributed by atoms with E-state index in [4.69, 9.17) is 9.52 Å². The Morgan fingerprint density at radius 2 is 2.05 bits per heavy atom. The first-order valence-corrected chi connectivity index (χ1v) is 5.74. The summed E-state index contributed by atoms with van der Waals surface area (Å²) >= 11 is 0. The molecule has 108 valence electrons. The number of hydrogen-bond donors (Lipinski definition) is 4. The van der Waals surface area contributed by atoms with Gasteiger partial charge in [-0.25, -0.2) is 4.79 Å². The van der Waals surface area contributed by atoms with Gasteiger partial charge in [0, 0.05) is 17.5 Å². The summed E-state index contributed by atoms with van der Waals surface area (Å²) in [6.45, 7) is 0.311. The lowest BCUT2D eigenvalue weighted by molar-refractivity contribution is -0.135. The zero-order valence-electron chi connectivity index (χ0n) is 10.8. The van der Waals surface area contributed by atoms with Gasteiger partial charge in [-0.1, -0.05) is 0 Å². The van der Waals surface area contributed by atoms with Crippen LogP contribution in [0.5, 0.6) is 5.75 Å². The summed E-state index contributed by atoms with van der Waals surface area (Å²) in [5, 5.41) is 21.3. The monoisotopic (exact) mass is 280 g/mol. The first kappa shape index (κ1) is 15.7. The highest BCUT2D eigenvalue weighted by atomic mass is 16.4. The van der Waals surface area contributed by atoms with Gasteiger partial charge in [0.2, 0.25) is 0 Å². The molecule has 20 heavy (non-hydrogen) atoms. The topological polar surface area (TPSA) is 135 Å². The van der Waals surface area contributed by atoms with Crippen LogP contribution in [0.4, 0.5) is 0 Å². The molecule has 0 bridgehead atoms. The van der Waals surface area contributed by atoms with Crippen molar-refractivity contribution in [2.45, 2.75) is 6.42 Å². The quantitative estimate of drug-likeness (QED) is 0.471. The van der Waals surface area contributed by atoms with Gasteiger partial charge in [-0.15, -0.1) is 0 Å².